The van der Waals surface area contributed by atoms with Crippen molar-refractivity contribution in [3.8, 4) is 11.5 Å². The molecular weight excluding hydrogens is 260 g/mol. The predicted molar refractivity (Wildman–Crippen MR) is 72.8 cm³/mol. The number of allylic oxidation sites excluding steroid dienone is 5. The lowest BCUT2D eigenvalue weighted by atomic mass is 9.97. The highest BCUT2D eigenvalue weighted by atomic mass is 16.3. The van der Waals surface area contributed by atoms with Gasteiger partial charge >= 0.3 is 0 Å². The molecule has 0 aliphatic heterocycles. The van der Waals surface area contributed by atoms with Crippen LogP contribution < -0.4 is 0 Å². The van der Waals surface area contributed by atoms with Crippen molar-refractivity contribution >= 4 is 5.78 Å². The number of aliphatic hydroxyl groups is 2. The molecule has 0 heterocycles. The van der Waals surface area contributed by atoms with Crippen LogP contribution in [0.5, 0.6) is 11.5 Å². The topological polar surface area (TPSA) is 98.0 Å². The van der Waals surface area contributed by atoms with Gasteiger partial charge in [-0.3, -0.25) is 4.79 Å². The second kappa shape index (κ2) is 5.52. The zero-order valence-electron chi connectivity index (χ0n) is 10.5. The molecule has 1 aliphatic carbocycles. The third kappa shape index (κ3) is 3.00. The Morgan fingerprint density at radius 3 is 2.60 bits per heavy atom. The minimum Gasteiger partial charge on any atom is -0.508 e. The smallest absolute Gasteiger partial charge is 0.189 e. The lowest BCUT2D eigenvalue weighted by Crippen LogP contribution is -2.04. The molecule has 5 nitrogen and oxygen atoms in total. The van der Waals surface area contributed by atoms with Crippen LogP contribution in [-0.4, -0.2) is 26.2 Å². The standard InChI is InChI=1S/C15H14O5/c16-10-3-4-11(14(19)8-10)12(17)5-1-9-2-6-13(18)15(20)7-9/h1-6,8-9,16,18-20H,7H2. The van der Waals surface area contributed by atoms with E-state index < -0.39 is 5.78 Å². The van der Waals surface area contributed by atoms with Crippen LogP contribution in [-0.2, 0) is 0 Å². The number of aliphatic hydroxyl groups excluding tert-OH is 2. The van der Waals surface area contributed by atoms with Crippen molar-refractivity contribution in [3.05, 3.63) is 59.6 Å². The quantitative estimate of drug-likeness (QED) is 0.502. The Morgan fingerprint density at radius 1 is 1.20 bits per heavy atom. The van der Waals surface area contributed by atoms with Crippen molar-refractivity contribution in [2.45, 2.75) is 6.42 Å². The average Bonchev–Trinajstić information content (AvgIpc) is 2.40. The molecule has 1 aromatic carbocycles. The number of hydrogen-bond acceptors (Lipinski definition) is 5. The van der Waals surface area contributed by atoms with Crippen LogP contribution in [0.3, 0.4) is 0 Å². The first-order valence-corrected chi connectivity index (χ1v) is 6.01. The SMILES string of the molecule is O=C(C=CC1C=CC(O)=C(O)C1)c1ccc(O)cc1O. The van der Waals surface area contributed by atoms with Gasteiger partial charge in [0, 0.05) is 18.4 Å². The molecule has 0 amide bonds. The van der Waals surface area contributed by atoms with E-state index in [4.69, 9.17) is 5.11 Å². The maximum atomic E-state index is 11.9. The summed E-state index contributed by atoms with van der Waals surface area (Å²) >= 11 is 0. The Balaban J connectivity index is 2.09. The molecule has 0 radical (unpaired) electrons. The fourth-order valence-electron chi connectivity index (χ4n) is 1.87. The number of ketones is 1. The molecule has 104 valence electrons. The average molecular weight is 274 g/mol. The van der Waals surface area contributed by atoms with E-state index in [-0.39, 0.29) is 40.9 Å². The molecule has 0 spiro atoms. The van der Waals surface area contributed by atoms with Crippen molar-refractivity contribution < 1.29 is 25.2 Å². The highest BCUT2D eigenvalue weighted by molar-refractivity contribution is 6.06. The molecule has 0 bridgehead atoms. The first-order chi connectivity index (χ1) is 9.47. The number of phenols is 2. The van der Waals surface area contributed by atoms with E-state index in [1.807, 2.05) is 0 Å². The van der Waals surface area contributed by atoms with E-state index in [1.165, 1.54) is 24.3 Å². The first kappa shape index (κ1) is 13.7. The molecule has 0 saturated heterocycles. The summed E-state index contributed by atoms with van der Waals surface area (Å²) in [4.78, 5) is 11.9. The zero-order chi connectivity index (χ0) is 14.7. The molecule has 20 heavy (non-hydrogen) atoms. The molecule has 0 fully saturated rings. The lowest BCUT2D eigenvalue weighted by molar-refractivity contribution is 0.104. The van der Waals surface area contributed by atoms with Gasteiger partial charge in [-0.1, -0.05) is 12.2 Å². The third-order valence-electron chi connectivity index (χ3n) is 2.97. The molecule has 4 N–H and O–H groups in total. The maximum absolute atomic E-state index is 11.9. The van der Waals surface area contributed by atoms with E-state index in [0.29, 0.717) is 0 Å². The monoisotopic (exact) mass is 274 g/mol. The van der Waals surface area contributed by atoms with Gasteiger partial charge in [0.15, 0.2) is 11.5 Å². The van der Waals surface area contributed by atoms with Gasteiger partial charge in [0.1, 0.15) is 17.3 Å². The molecule has 1 unspecified atom stereocenters. The van der Waals surface area contributed by atoms with Gasteiger partial charge < -0.3 is 20.4 Å². The van der Waals surface area contributed by atoms with Crippen molar-refractivity contribution in [2.24, 2.45) is 5.92 Å². The van der Waals surface area contributed by atoms with E-state index in [2.05, 4.69) is 0 Å². The Labute approximate surface area is 115 Å². The van der Waals surface area contributed by atoms with Crippen LogP contribution in [0.25, 0.3) is 0 Å². The summed E-state index contributed by atoms with van der Waals surface area (Å²) in [6.07, 6.45) is 6.12. The van der Waals surface area contributed by atoms with Gasteiger partial charge in [-0.2, -0.15) is 0 Å². The van der Waals surface area contributed by atoms with Crippen LogP contribution in [0, 0.1) is 5.92 Å². The highest BCUT2D eigenvalue weighted by Gasteiger charge is 2.14. The highest BCUT2D eigenvalue weighted by Crippen LogP contribution is 2.24. The summed E-state index contributed by atoms with van der Waals surface area (Å²) in [6, 6.07) is 3.74. The van der Waals surface area contributed by atoms with Gasteiger partial charge in [0.25, 0.3) is 0 Å². The summed E-state index contributed by atoms with van der Waals surface area (Å²) in [5, 5.41) is 37.3. The number of phenolic OH excluding ortho intramolecular Hbond substituents is 2. The summed E-state index contributed by atoms with van der Waals surface area (Å²) in [6.45, 7) is 0. The summed E-state index contributed by atoms with van der Waals surface area (Å²) in [5.74, 6) is -1.31. The minimum atomic E-state index is -0.408. The second-order valence-electron chi connectivity index (χ2n) is 4.48. The number of benzene rings is 1. The van der Waals surface area contributed by atoms with Gasteiger partial charge in [-0.05, 0) is 24.3 Å². The Hall–Kier alpha value is -2.69. The number of carbonyl (C=O) groups excluding carboxylic acids is 1. The summed E-state index contributed by atoms with van der Waals surface area (Å²) in [5.41, 5.74) is 0.0847. The van der Waals surface area contributed by atoms with Crippen LogP contribution in [0.15, 0.2) is 54.0 Å². The maximum Gasteiger partial charge on any atom is 0.189 e. The minimum absolute atomic E-state index is 0.0847. The van der Waals surface area contributed by atoms with E-state index >= 15 is 0 Å². The number of rotatable bonds is 3. The van der Waals surface area contributed by atoms with Crippen LogP contribution >= 0.6 is 0 Å². The molecule has 1 aromatic rings. The Morgan fingerprint density at radius 2 is 1.95 bits per heavy atom. The van der Waals surface area contributed by atoms with Crippen molar-refractivity contribution in [3.63, 3.8) is 0 Å². The molecule has 0 aromatic heterocycles. The van der Waals surface area contributed by atoms with Crippen molar-refractivity contribution in [1.29, 1.82) is 0 Å². The van der Waals surface area contributed by atoms with E-state index in [0.717, 1.165) is 6.07 Å². The predicted octanol–water partition coefficient (Wildman–Crippen LogP) is 2.74. The van der Waals surface area contributed by atoms with Gasteiger partial charge in [0.2, 0.25) is 0 Å². The van der Waals surface area contributed by atoms with Crippen molar-refractivity contribution in [2.75, 3.05) is 0 Å². The van der Waals surface area contributed by atoms with Crippen molar-refractivity contribution in [1.82, 2.24) is 0 Å². The van der Waals surface area contributed by atoms with Gasteiger partial charge in [-0.25, -0.2) is 0 Å². The van der Waals surface area contributed by atoms with Crippen LogP contribution in [0.4, 0.5) is 0 Å². The molecule has 1 aliphatic rings. The second-order valence-corrected chi connectivity index (χ2v) is 4.48. The molecule has 5 heteroatoms. The van der Waals surface area contributed by atoms with E-state index in [9.17, 15) is 20.1 Å². The summed E-state index contributed by atoms with van der Waals surface area (Å²) in [7, 11) is 0. The van der Waals surface area contributed by atoms with Gasteiger partial charge in [-0.15, -0.1) is 0 Å². The fourth-order valence-corrected chi connectivity index (χ4v) is 1.87. The lowest BCUT2D eigenvalue weighted by Gasteiger charge is -2.12. The number of aromatic hydroxyl groups is 2. The third-order valence-corrected chi connectivity index (χ3v) is 2.97. The molecule has 2 rings (SSSR count). The van der Waals surface area contributed by atoms with Crippen LogP contribution in [0.2, 0.25) is 0 Å². The summed E-state index contributed by atoms with van der Waals surface area (Å²) < 4.78 is 0. The Kier molecular flexibility index (Phi) is 3.79. The molecule has 1 atom stereocenters. The zero-order valence-corrected chi connectivity index (χ0v) is 10.5. The Bertz CT molecular complexity index is 625. The fraction of sp³-hybridized carbons (Fsp3) is 0.133. The van der Waals surface area contributed by atoms with Gasteiger partial charge in [0.05, 0.1) is 5.56 Å². The van der Waals surface area contributed by atoms with E-state index in [1.54, 1.807) is 12.2 Å². The first-order valence-electron chi connectivity index (χ1n) is 6.01. The normalized spacial score (nSPS) is 18.7. The number of hydrogen-bond donors (Lipinski definition) is 4. The molecule has 0 saturated carbocycles. The number of carbonyl (C=O) groups is 1. The van der Waals surface area contributed by atoms with Crippen LogP contribution in [0.1, 0.15) is 16.8 Å². The largest absolute Gasteiger partial charge is 0.508 e. The molecular formula is C15H14O5.